The maximum absolute atomic E-state index is 13.9. The average molecular weight is 498 g/mol. The van der Waals surface area contributed by atoms with Gasteiger partial charge in [-0.15, -0.1) is 0 Å². The average Bonchev–Trinajstić information content (AvgIpc) is 2.81. The normalized spacial score (nSPS) is 30.8. The minimum atomic E-state index is -2.62. The van der Waals surface area contributed by atoms with Gasteiger partial charge in [0.05, 0.1) is 11.6 Å². The summed E-state index contributed by atoms with van der Waals surface area (Å²) in [4.78, 5) is 40.6. The van der Waals surface area contributed by atoms with Crippen molar-refractivity contribution in [2.45, 2.75) is 43.2 Å². The van der Waals surface area contributed by atoms with Crippen molar-refractivity contribution >= 4 is 23.2 Å². The number of carbonyl (C=O) groups is 3. The molecule has 2 fully saturated rings. The maximum atomic E-state index is 13.9. The van der Waals surface area contributed by atoms with Gasteiger partial charge >= 0.3 is 0 Å². The number of hydrogen-bond donors (Lipinski definition) is 6. The second kappa shape index (κ2) is 8.43. The van der Waals surface area contributed by atoms with Gasteiger partial charge in [-0.05, 0) is 81.9 Å². The van der Waals surface area contributed by atoms with E-state index in [1.807, 2.05) is 6.07 Å². The second-order valence-electron chi connectivity index (χ2n) is 10.5. The first-order chi connectivity index (χ1) is 17.0. The lowest BCUT2D eigenvalue weighted by atomic mass is 9.57. The van der Waals surface area contributed by atoms with E-state index >= 15 is 0 Å². The minimum absolute atomic E-state index is 0.0904. The Morgan fingerprint density at radius 2 is 1.78 bits per heavy atom. The van der Waals surface area contributed by atoms with E-state index in [-0.39, 0.29) is 29.2 Å². The molecule has 5 rings (SSSR count). The van der Waals surface area contributed by atoms with Crippen molar-refractivity contribution in [3.8, 4) is 5.75 Å². The standard InChI is InChI=1S/C26H31N3O7/c1-29(2)20-15-10-12-9-14-13(11-5-7-28-8-6-11)3-4-16(30)18(14)21(31)17(12)23(33)26(15,36)24(34)19(22(20)32)25(27)35/h3-4,11-12,15,20,28,30-31,34,36H,5-10H2,1-2H3,(H2,27,35)/t12-,15-,20-,26-/m0/s1. The molecule has 1 heterocycles. The number of likely N-dealkylation sites (N-methyl/N-ethyl adjacent to an activating group) is 1. The quantitative estimate of drug-likeness (QED) is 0.324. The van der Waals surface area contributed by atoms with Crippen LogP contribution in [0.1, 0.15) is 41.9 Å². The van der Waals surface area contributed by atoms with Gasteiger partial charge in [-0.2, -0.15) is 0 Å². The fourth-order valence-electron chi connectivity index (χ4n) is 6.78. The van der Waals surface area contributed by atoms with Crippen LogP contribution >= 0.6 is 0 Å². The first-order valence-electron chi connectivity index (χ1n) is 12.2. The number of amides is 1. The minimum Gasteiger partial charge on any atom is -0.508 e. The largest absolute Gasteiger partial charge is 0.508 e. The van der Waals surface area contributed by atoms with E-state index in [0.717, 1.165) is 37.1 Å². The number of benzene rings is 1. The second-order valence-corrected chi connectivity index (χ2v) is 10.5. The highest BCUT2D eigenvalue weighted by Gasteiger charge is 2.64. The summed E-state index contributed by atoms with van der Waals surface area (Å²) >= 11 is 0. The molecule has 1 saturated carbocycles. The summed E-state index contributed by atoms with van der Waals surface area (Å²) < 4.78 is 0. The molecule has 192 valence electrons. The molecule has 3 aliphatic carbocycles. The van der Waals surface area contributed by atoms with Crippen molar-refractivity contribution in [3.63, 3.8) is 0 Å². The molecule has 0 bridgehead atoms. The smallest absolute Gasteiger partial charge is 0.255 e. The van der Waals surface area contributed by atoms with Gasteiger partial charge in [0.2, 0.25) is 5.78 Å². The SMILES string of the molecule is CN(C)[C@@H]1C(=O)C(C(N)=O)=C(O)[C@@]2(O)C(=O)C3=C(O)c4c(O)ccc(C5CCNCC5)c4C[C@H]3C[C@@H]12. The van der Waals surface area contributed by atoms with E-state index in [0.29, 0.717) is 6.42 Å². The zero-order chi connectivity index (χ0) is 26.1. The molecule has 0 radical (unpaired) electrons. The number of phenols is 1. The Labute approximate surface area is 208 Å². The number of fused-ring (bicyclic) bond motifs is 3. The number of ketones is 2. The molecule has 10 nitrogen and oxygen atoms in total. The van der Waals surface area contributed by atoms with E-state index in [2.05, 4.69) is 5.32 Å². The Hall–Kier alpha value is -3.21. The molecule has 1 saturated heterocycles. The van der Waals surface area contributed by atoms with Crippen molar-refractivity contribution in [3.05, 3.63) is 45.7 Å². The summed E-state index contributed by atoms with van der Waals surface area (Å²) in [6.07, 6.45) is 2.20. The van der Waals surface area contributed by atoms with E-state index in [9.17, 15) is 34.8 Å². The van der Waals surface area contributed by atoms with Crippen LogP contribution in [0.5, 0.6) is 5.75 Å². The molecular weight excluding hydrogens is 466 g/mol. The number of aliphatic hydroxyl groups excluding tert-OH is 2. The molecule has 1 amide bonds. The van der Waals surface area contributed by atoms with E-state index in [4.69, 9.17) is 5.73 Å². The van der Waals surface area contributed by atoms with E-state index in [1.54, 1.807) is 14.1 Å². The van der Waals surface area contributed by atoms with Crippen LogP contribution in [0.15, 0.2) is 29.0 Å². The van der Waals surface area contributed by atoms with Crippen molar-refractivity contribution in [2.24, 2.45) is 17.6 Å². The molecule has 10 heteroatoms. The highest BCUT2D eigenvalue weighted by Crippen LogP contribution is 2.53. The number of phenolic OH excluding ortho intramolecular Hbond substituents is 1. The number of aliphatic hydroxyl groups is 3. The van der Waals surface area contributed by atoms with Crippen LogP contribution in [0.3, 0.4) is 0 Å². The summed E-state index contributed by atoms with van der Waals surface area (Å²) in [5.41, 5.74) is 3.71. The highest BCUT2D eigenvalue weighted by atomic mass is 16.3. The van der Waals surface area contributed by atoms with Gasteiger partial charge in [-0.1, -0.05) is 6.07 Å². The number of nitrogens with two attached hydrogens (primary N) is 1. The summed E-state index contributed by atoms with van der Waals surface area (Å²) in [5.74, 6) is -6.11. The number of primary amides is 1. The van der Waals surface area contributed by atoms with Crippen molar-refractivity contribution in [2.75, 3.05) is 27.2 Å². The molecule has 4 aliphatic rings. The topological polar surface area (TPSA) is 173 Å². The van der Waals surface area contributed by atoms with Crippen LogP contribution in [0.2, 0.25) is 0 Å². The lowest BCUT2D eigenvalue weighted by Gasteiger charge is -2.50. The van der Waals surface area contributed by atoms with Gasteiger partial charge in [0.15, 0.2) is 11.4 Å². The van der Waals surface area contributed by atoms with Crippen molar-refractivity contribution < 1.29 is 34.8 Å². The number of piperidine rings is 1. The van der Waals surface area contributed by atoms with Crippen LogP contribution < -0.4 is 11.1 Å². The molecule has 1 aliphatic heterocycles. The Bertz CT molecular complexity index is 1240. The van der Waals surface area contributed by atoms with E-state index < -0.39 is 58.0 Å². The van der Waals surface area contributed by atoms with Gasteiger partial charge in [-0.3, -0.25) is 19.3 Å². The molecule has 0 spiro atoms. The number of nitrogens with one attached hydrogen (secondary N) is 1. The Morgan fingerprint density at radius 1 is 1.11 bits per heavy atom. The Kier molecular flexibility index (Phi) is 5.73. The van der Waals surface area contributed by atoms with Crippen molar-refractivity contribution in [1.29, 1.82) is 0 Å². The number of aromatic hydroxyl groups is 1. The summed E-state index contributed by atoms with van der Waals surface area (Å²) in [6, 6.07) is 2.28. The number of rotatable bonds is 3. The molecule has 36 heavy (non-hydrogen) atoms. The summed E-state index contributed by atoms with van der Waals surface area (Å²) in [7, 11) is 3.17. The molecule has 4 atom stereocenters. The van der Waals surface area contributed by atoms with Crippen LogP contribution in [0, 0.1) is 11.8 Å². The summed E-state index contributed by atoms with van der Waals surface area (Å²) in [6.45, 7) is 1.70. The predicted molar refractivity (Wildman–Crippen MR) is 129 cm³/mol. The van der Waals surface area contributed by atoms with Gasteiger partial charge < -0.3 is 31.5 Å². The molecule has 1 aromatic carbocycles. The highest BCUT2D eigenvalue weighted by molar-refractivity contribution is 6.24. The third kappa shape index (κ3) is 3.24. The van der Waals surface area contributed by atoms with Gasteiger partial charge in [0, 0.05) is 11.5 Å². The lowest BCUT2D eigenvalue weighted by molar-refractivity contribution is -0.153. The number of carbonyl (C=O) groups excluding carboxylic acids is 3. The number of nitrogens with zero attached hydrogens (tertiary/aromatic N) is 1. The number of hydrogen-bond acceptors (Lipinski definition) is 9. The fraction of sp³-hybridized carbons (Fsp3) is 0.500. The van der Waals surface area contributed by atoms with Crippen LogP contribution in [-0.4, -0.2) is 81.6 Å². The van der Waals surface area contributed by atoms with Crippen LogP contribution in [-0.2, 0) is 20.8 Å². The third-order valence-corrected chi connectivity index (χ3v) is 8.42. The van der Waals surface area contributed by atoms with Gasteiger partial charge in [0.1, 0.15) is 22.8 Å². The zero-order valence-corrected chi connectivity index (χ0v) is 20.2. The van der Waals surface area contributed by atoms with E-state index in [1.165, 1.54) is 11.0 Å². The zero-order valence-electron chi connectivity index (χ0n) is 20.2. The molecular formula is C26H31N3O7. The first kappa shape index (κ1) is 24.5. The molecule has 0 unspecified atom stereocenters. The maximum Gasteiger partial charge on any atom is 0.255 e. The Balaban J connectivity index is 1.70. The third-order valence-electron chi connectivity index (χ3n) is 8.42. The van der Waals surface area contributed by atoms with Crippen molar-refractivity contribution in [1.82, 2.24) is 10.2 Å². The predicted octanol–water partition coefficient (Wildman–Crippen LogP) is 0.431. The van der Waals surface area contributed by atoms with Crippen LogP contribution in [0.25, 0.3) is 5.76 Å². The van der Waals surface area contributed by atoms with Gasteiger partial charge in [-0.25, -0.2) is 0 Å². The first-order valence-corrected chi connectivity index (χ1v) is 12.2. The monoisotopic (exact) mass is 497 g/mol. The molecule has 1 aromatic rings. The molecule has 7 N–H and O–H groups in total. The Morgan fingerprint density at radius 3 is 2.39 bits per heavy atom. The van der Waals surface area contributed by atoms with Crippen LogP contribution in [0.4, 0.5) is 0 Å². The lowest BCUT2D eigenvalue weighted by Crippen LogP contribution is -2.65. The van der Waals surface area contributed by atoms with Gasteiger partial charge in [0.25, 0.3) is 5.91 Å². The fourth-order valence-corrected chi connectivity index (χ4v) is 6.78. The molecule has 0 aromatic heterocycles. The number of Topliss-reactive ketones (excluding diaryl/α,β-unsaturated/α-hetero) is 2. The summed E-state index contributed by atoms with van der Waals surface area (Å²) in [5, 5.41) is 47.9.